The summed E-state index contributed by atoms with van der Waals surface area (Å²) in [6, 6.07) is 0. The largest absolute Gasteiger partial charge is 0.508 e. The van der Waals surface area contributed by atoms with Crippen LogP contribution in [0.15, 0.2) is 0 Å². The number of carbonyl (C=O) groups is 1. The third kappa shape index (κ3) is 28.4. The quantitative estimate of drug-likeness (QED) is 0.0602. The van der Waals surface area contributed by atoms with Gasteiger partial charge in [-0.2, -0.15) is 0 Å². The van der Waals surface area contributed by atoms with Crippen LogP contribution in [0.1, 0.15) is 136 Å². The third-order valence-electron chi connectivity index (χ3n) is 6.58. The molecule has 0 fully saturated rings. The van der Waals surface area contributed by atoms with E-state index in [0.717, 1.165) is 19.4 Å². The molecule has 0 radical (unpaired) electrons. The van der Waals surface area contributed by atoms with Crippen molar-refractivity contribution < 1.29 is 33.1 Å². The molecule has 2 N–H and O–H groups in total. The number of rotatable bonds is 28. The Balaban J connectivity index is 3.70. The topological polar surface area (TPSA) is 78.7 Å². The second-order valence-corrected chi connectivity index (χ2v) is 11.5. The summed E-state index contributed by atoms with van der Waals surface area (Å²) in [5.41, 5.74) is 0. The van der Waals surface area contributed by atoms with Crippen molar-refractivity contribution in [3.63, 3.8) is 0 Å². The third-order valence-corrected chi connectivity index (χ3v) is 7.35. The summed E-state index contributed by atoms with van der Waals surface area (Å²) in [5, 5.41) is 0. The molecule has 0 amide bonds. The highest BCUT2D eigenvalue weighted by atomic mass is 31.2. The summed E-state index contributed by atoms with van der Waals surface area (Å²) in [6.07, 6.45) is 23.7. The molecule has 0 saturated heterocycles. The van der Waals surface area contributed by atoms with Gasteiger partial charge in [0, 0.05) is 0 Å². The molecule has 2 atom stereocenters. The van der Waals surface area contributed by atoms with E-state index in [2.05, 4.69) is 6.92 Å². The van der Waals surface area contributed by atoms with Crippen molar-refractivity contribution in [3.8, 4) is 0 Å². The van der Waals surface area contributed by atoms with E-state index in [9.17, 15) is 9.69 Å². The van der Waals surface area contributed by atoms with E-state index in [0.29, 0.717) is 13.0 Å². The van der Waals surface area contributed by atoms with Crippen LogP contribution >= 0.6 is 8.60 Å². The van der Waals surface area contributed by atoms with Crippen molar-refractivity contribution in [2.75, 3.05) is 40.5 Å². The van der Waals surface area contributed by atoms with E-state index < -0.39 is 20.9 Å². The first-order chi connectivity index (χ1) is 18.0. The Morgan fingerprint density at radius 1 is 0.730 bits per heavy atom. The zero-order valence-corrected chi connectivity index (χ0v) is 25.7. The molecule has 0 aliphatic carbocycles. The predicted octanol–water partition coefficient (Wildman–Crippen LogP) is 7.36. The molecule has 8 heteroatoms. The lowest BCUT2D eigenvalue weighted by atomic mass is 10.0. The number of hydrogen-bond donors (Lipinski definition) is 2. The molecular formula is C29H61NO6P+. The standard InChI is InChI=1S/C29H60NO6P/c1-5-7-8-9-10-11-12-13-14-15-16-17-18-19-20-21-22-23-24-28(36-29(31)33-6-2)27-35-37(32)34-26-25-30(3)4/h28,32H,5-27H2,1-4H3/p+1. The second-order valence-electron chi connectivity index (χ2n) is 10.5. The van der Waals surface area contributed by atoms with Crippen LogP contribution in [0.25, 0.3) is 0 Å². The summed E-state index contributed by atoms with van der Waals surface area (Å²) in [4.78, 5) is 22.9. The fourth-order valence-corrected chi connectivity index (χ4v) is 4.87. The number of quaternary nitrogens is 1. The van der Waals surface area contributed by atoms with Crippen molar-refractivity contribution in [3.05, 3.63) is 0 Å². The van der Waals surface area contributed by atoms with Crippen LogP contribution in [0.2, 0.25) is 0 Å². The minimum Gasteiger partial charge on any atom is -0.435 e. The van der Waals surface area contributed by atoms with Gasteiger partial charge in [-0.25, -0.2) is 4.79 Å². The molecule has 0 heterocycles. The lowest BCUT2D eigenvalue weighted by Gasteiger charge is -2.19. The fourth-order valence-electron chi connectivity index (χ4n) is 4.25. The molecule has 0 aromatic heterocycles. The molecule has 0 rings (SSSR count). The Kier molecular flexibility index (Phi) is 28.2. The predicted molar refractivity (Wildman–Crippen MR) is 154 cm³/mol. The van der Waals surface area contributed by atoms with Gasteiger partial charge in [0.25, 0.3) is 0 Å². The normalized spacial score (nSPS) is 13.1. The van der Waals surface area contributed by atoms with Gasteiger partial charge in [-0.3, -0.25) is 0 Å². The molecule has 0 spiro atoms. The van der Waals surface area contributed by atoms with Gasteiger partial charge >= 0.3 is 14.8 Å². The van der Waals surface area contributed by atoms with Gasteiger partial charge in [-0.15, -0.1) is 0 Å². The van der Waals surface area contributed by atoms with Gasteiger partial charge in [-0.1, -0.05) is 116 Å². The number of carbonyl (C=O) groups excluding carboxylic acids is 1. The maximum Gasteiger partial charge on any atom is 0.508 e. The summed E-state index contributed by atoms with van der Waals surface area (Å²) in [5.74, 6) is 0. The summed E-state index contributed by atoms with van der Waals surface area (Å²) in [7, 11) is 2.08. The Morgan fingerprint density at radius 2 is 1.19 bits per heavy atom. The summed E-state index contributed by atoms with van der Waals surface area (Å²) >= 11 is 0. The molecule has 37 heavy (non-hydrogen) atoms. The van der Waals surface area contributed by atoms with E-state index >= 15 is 0 Å². The highest BCUT2D eigenvalue weighted by Crippen LogP contribution is 2.33. The van der Waals surface area contributed by atoms with Crippen molar-refractivity contribution in [2.45, 2.75) is 142 Å². The van der Waals surface area contributed by atoms with Crippen LogP contribution in [-0.4, -0.2) is 57.6 Å². The molecule has 0 aromatic carbocycles. The van der Waals surface area contributed by atoms with Gasteiger partial charge in [-0.05, 0) is 19.8 Å². The number of nitrogens with one attached hydrogen (secondary N) is 1. The smallest absolute Gasteiger partial charge is 0.435 e. The van der Waals surface area contributed by atoms with Crippen molar-refractivity contribution in [1.82, 2.24) is 0 Å². The Morgan fingerprint density at radius 3 is 1.62 bits per heavy atom. The number of ether oxygens (including phenoxy) is 2. The van der Waals surface area contributed by atoms with Crippen LogP contribution in [0.4, 0.5) is 4.79 Å². The van der Waals surface area contributed by atoms with Gasteiger partial charge in [0.1, 0.15) is 19.3 Å². The second kappa shape index (κ2) is 28.5. The summed E-state index contributed by atoms with van der Waals surface area (Å²) in [6.45, 7) is 5.63. The van der Waals surface area contributed by atoms with E-state index in [1.165, 1.54) is 108 Å². The highest BCUT2D eigenvalue weighted by Gasteiger charge is 2.18. The van der Waals surface area contributed by atoms with E-state index in [1.807, 2.05) is 14.1 Å². The molecule has 2 unspecified atom stereocenters. The molecule has 7 nitrogen and oxygen atoms in total. The number of hydrogen-bond acceptors (Lipinski definition) is 6. The monoisotopic (exact) mass is 550 g/mol. The van der Waals surface area contributed by atoms with Gasteiger partial charge in [0.15, 0.2) is 0 Å². The first-order valence-electron chi connectivity index (χ1n) is 15.4. The van der Waals surface area contributed by atoms with Crippen LogP contribution in [0.3, 0.4) is 0 Å². The van der Waals surface area contributed by atoms with Crippen molar-refractivity contribution in [2.24, 2.45) is 0 Å². The van der Waals surface area contributed by atoms with Crippen LogP contribution in [0, 0.1) is 0 Å². The van der Waals surface area contributed by atoms with Crippen LogP contribution < -0.4 is 4.90 Å². The Bertz CT molecular complexity index is 483. The SMILES string of the molecule is CCCCCCCCCCCCCCCCCCCCC(COP(O)OCC[NH+](C)C)OC(=O)OCC. The lowest BCUT2D eigenvalue weighted by Crippen LogP contribution is -3.06. The average molecular weight is 551 g/mol. The molecule has 0 aliphatic rings. The average Bonchev–Trinajstić information content (AvgIpc) is 2.86. The van der Waals surface area contributed by atoms with E-state index in [4.69, 9.17) is 18.5 Å². The first-order valence-corrected chi connectivity index (χ1v) is 16.5. The minimum atomic E-state index is -1.96. The van der Waals surface area contributed by atoms with Gasteiger partial charge in [0.05, 0.1) is 27.3 Å². The summed E-state index contributed by atoms with van der Waals surface area (Å²) < 4.78 is 21.0. The molecule has 0 saturated carbocycles. The maximum atomic E-state index is 11.7. The zero-order chi connectivity index (χ0) is 27.4. The maximum absolute atomic E-state index is 11.7. The molecule has 0 bridgehead atoms. The number of unbranched alkanes of at least 4 members (excludes halogenated alkanes) is 17. The Labute approximate surface area is 230 Å². The zero-order valence-electron chi connectivity index (χ0n) is 24.8. The fraction of sp³-hybridized carbons (Fsp3) is 0.966. The molecular weight excluding hydrogens is 489 g/mol. The molecule has 222 valence electrons. The lowest BCUT2D eigenvalue weighted by molar-refractivity contribution is -0.858. The first kappa shape index (κ1) is 36.5. The Hall–Kier alpha value is -0.460. The van der Waals surface area contributed by atoms with Crippen molar-refractivity contribution >= 4 is 14.8 Å². The van der Waals surface area contributed by atoms with Gasteiger partial charge < -0.3 is 28.3 Å². The van der Waals surface area contributed by atoms with E-state index in [-0.39, 0.29) is 13.2 Å². The van der Waals surface area contributed by atoms with Gasteiger partial charge in [0.2, 0.25) is 0 Å². The van der Waals surface area contributed by atoms with Crippen LogP contribution in [0.5, 0.6) is 0 Å². The highest BCUT2D eigenvalue weighted by molar-refractivity contribution is 7.40. The number of likely N-dealkylation sites (N-methyl/N-ethyl adjacent to an activating group) is 1. The van der Waals surface area contributed by atoms with Crippen molar-refractivity contribution in [1.29, 1.82) is 0 Å². The molecule has 0 aromatic rings. The van der Waals surface area contributed by atoms with E-state index in [1.54, 1.807) is 6.92 Å². The molecule has 0 aliphatic heterocycles. The minimum absolute atomic E-state index is 0.120. The van der Waals surface area contributed by atoms with Crippen LogP contribution in [-0.2, 0) is 18.5 Å².